The molecule has 1 aromatic rings. The van der Waals surface area contributed by atoms with Crippen LogP contribution in [0.2, 0.25) is 0 Å². The molecule has 0 bridgehead atoms. The molecule has 1 atom stereocenters. The predicted octanol–water partition coefficient (Wildman–Crippen LogP) is 0.526. The number of aryl methyl sites for hydroxylation is 2. The lowest BCUT2D eigenvalue weighted by molar-refractivity contribution is -0.122. The number of piperidine rings is 1. The number of nitrogens with one attached hydrogen (secondary N) is 1. The Hall–Kier alpha value is -1.69. The van der Waals surface area contributed by atoms with Crippen molar-refractivity contribution >= 4 is 11.7 Å². The van der Waals surface area contributed by atoms with Gasteiger partial charge in [-0.05, 0) is 33.6 Å². The second-order valence-electron chi connectivity index (χ2n) is 5.47. The average Bonchev–Trinajstić information content (AvgIpc) is 2.38. The van der Waals surface area contributed by atoms with Crippen LogP contribution < -0.4 is 16.0 Å². The zero-order chi connectivity index (χ0) is 14.7. The van der Waals surface area contributed by atoms with Crippen LogP contribution in [0.4, 0.5) is 5.82 Å². The second kappa shape index (κ2) is 6.17. The van der Waals surface area contributed by atoms with Crippen LogP contribution >= 0.6 is 0 Å². The third kappa shape index (κ3) is 3.66. The van der Waals surface area contributed by atoms with Crippen LogP contribution in [0, 0.1) is 13.8 Å². The summed E-state index contributed by atoms with van der Waals surface area (Å²) in [5.74, 6) is 1.71. The SMILES string of the molecule is Cc1cc(N2CCC(NC(=O)C(C)N)CC2)nc(C)n1. The van der Waals surface area contributed by atoms with Crippen LogP contribution in [0.25, 0.3) is 0 Å². The third-order valence-electron chi connectivity index (χ3n) is 3.53. The molecule has 6 nitrogen and oxygen atoms in total. The number of amides is 1. The Kier molecular flexibility index (Phi) is 4.54. The summed E-state index contributed by atoms with van der Waals surface area (Å²) in [5.41, 5.74) is 6.55. The van der Waals surface area contributed by atoms with E-state index in [1.165, 1.54) is 0 Å². The first-order valence-corrected chi connectivity index (χ1v) is 7.09. The van der Waals surface area contributed by atoms with Gasteiger partial charge in [-0.25, -0.2) is 9.97 Å². The van der Waals surface area contributed by atoms with Crippen molar-refractivity contribution in [3.8, 4) is 0 Å². The first-order valence-electron chi connectivity index (χ1n) is 7.09. The summed E-state index contributed by atoms with van der Waals surface area (Å²) in [7, 11) is 0. The molecule has 1 unspecified atom stereocenters. The van der Waals surface area contributed by atoms with Gasteiger partial charge in [-0.2, -0.15) is 0 Å². The van der Waals surface area contributed by atoms with E-state index in [2.05, 4.69) is 20.2 Å². The van der Waals surface area contributed by atoms with Crippen molar-refractivity contribution in [1.82, 2.24) is 15.3 Å². The maximum absolute atomic E-state index is 11.6. The van der Waals surface area contributed by atoms with Gasteiger partial charge in [-0.3, -0.25) is 4.79 Å². The monoisotopic (exact) mass is 277 g/mol. The van der Waals surface area contributed by atoms with Crippen LogP contribution in [-0.2, 0) is 4.79 Å². The zero-order valence-electron chi connectivity index (χ0n) is 12.4. The van der Waals surface area contributed by atoms with Crippen LogP contribution in [0.1, 0.15) is 31.3 Å². The molecule has 6 heteroatoms. The largest absolute Gasteiger partial charge is 0.356 e. The summed E-state index contributed by atoms with van der Waals surface area (Å²) in [4.78, 5) is 22.6. The fourth-order valence-corrected chi connectivity index (χ4v) is 2.44. The second-order valence-corrected chi connectivity index (χ2v) is 5.47. The van der Waals surface area contributed by atoms with Crippen LogP contribution in [0.3, 0.4) is 0 Å². The topological polar surface area (TPSA) is 84.1 Å². The molecule has 20 heavy (non-hydrogen) atoms. The van der Waals surface area contributed by atoms with Crippen molar-refractivity contribution in [1.29, 1.82) is 0 Å². The third-order valence-corrected chi connectivity index (χ3v) is 3.53. The lowest BCUT2D eigenvalue weighted by atomic mass is 10.0. The maximum Gasteiger partial charge on any atom is 0.236 e. The number of rotatable bonds is 3. The summed E-state index contributed by atoms with van der Waals surface area (Å²) in [5, 5.41) is 2.99. The molecule has 1 amide bonds. The fourth-order valence-electron chi connectivity index (χ4n) is 2.44. The molecule has 0 aromatic carbocycles. The highest BCUT2D eigenvalue weighted by atomic mass is 16.2. The first kappa shape index (κ1) is 14.7. The lowest BCUT2D eigenvalue weighted by Gasteiger charge is -2.33. The van der Waals surface area contributed by atoms with Crippen molar-refractivity contribution < 1.29 is 4.79 Å². The highest BCUT2D eigenvalue weighted by Gasteiger charge is 2.22. The van der Waals surface area contributed by atoms with E-state index in [1.54, 1.807) is 6.92 Å². The Balaban J connectivity index is 1.92. The van der Waals surface area contributed by atoms with E-state index < -0.39 is 6.04 Å². The Morgan fingerprint density at radius 1 is 1.40 bits per heavy atom. The van der Waals surface area contributed by atoms with E-state index in [0.29, 0.717) is 0 Å². The van der Waals surface area contributed by atoms with Crippen molar-refractivity contribution in [2.45, 2.75) is 45.7 Å². The molecule has 1 aromatic heterocycles. The Morgan fingerprint density at radius 2 is 2.05 bits per heavy atom. The molecule has 0 spiro atoms. The van der Waals surface area contributed by atoms with Crippen molar-refractivity contribution in [2.75, 3.05) is 18.0 Å². The zero-order valence-corrected chi connectivity index (χ0v) is 12.4. The van der Waals surface area contributed by atoms with Crippen molar-refractivity contribution in [3.05, 3.63) is 17.6 Å². The minimum atomic E-state index is -0.444. The van der Waals surface area contributed by atoms with Gasteiger partial charge in [0.25, 0.3) is 0 Å². The van der Waals surface area contributed by atoms with Gasteiger partial charge in [-0.15, -0.1) is 0 Å². The van der Waals surface area contributed by atoms with E-state index in [-0.39, 0.29) is 11.9 Å². The summed E-state index contributed by atoms with van der Waals surface area (Å²) in [6, 6.07) is 1.78. The van der Waals surface area contributed by atoms with Gasteiger partial charge in [0, 0.05) is 30.9 Å². The first-order chi connectivity index (χ1) is 9.45. The van der Waals surface area contributed by atoms with Crippen molar-refractivity contribution in [3.63, 3.8) is 0 Å². The minimum absolute atomic E-state index is 0.0721. The van der Waals surface area contributed by atoms with Crippen LogP contribution in [0.5, 0.6) is 0 Å². The smallest absolute Gasteiger partial charge is 0.236 e. The molecule has 110 valence electrons. The molecule has 1 aliphatic rings. The predicted molar refractivity (Wildman–Crippen MR) is 78.5 cm³/mol. The average molecular weight is 277 g/mol. The number of nitrogens with zero attached hydrogens (tertiary/aromatic N) is 3. The van der Waals surface area contributed by atoms with Gasteiger partial charge < -0.3 is 16.0 Å². The normalized spacial score (nSPS) is 17.9. The van der Waals surface area contributed by atoms with Crippen LogP contribution in [0.15, 0.2) is 6.07 Å². The maximum atomic E-state index is 11.6. The molecule has 0 aliphatic carbocycles. The standard InChI is InChI=1S/C14H23N5O/c1-9-8-13(17-11(3)16-9)19-6-4-12(5-7-19)18-14(20)10(2)15/h8,10,12H,4-7,15H2,1-3H3,(H,18,20). The van der Waals surface area contributed by atoms with Crippen molar-refractivity contribution in [2.24, 2.45) is 5.73 Å². The molecule has 1 fully saturated rings. The molecule has 0 radical (unpaired) electrons. The number of hydrogen-bond donors (Lipinski definition) is 2. The Morgan fingerprint density at radius 3 is 2.60 bits per heavy atom. The number of carbonyl (C=O) groups is 1. The molecule has 2 heterocycles. The summed E-state index contributed by atoms with van der Waals surface area (Å²) < 4.78 is 0. The van der Waals surface area contributed by atoms with Gasteiger partial charge in [-0.1, -0.05) is 0 Å². The lowest BCUT2D eigenvalue weighted by Crippen LogP contribution is -2.49. The Labute approximate surface area is 119 Å². The van der Waals surface area contributed by atoms with E-state index in [9.17, 15) is 4.79 Å². The van der Waals surface area contributed by atoms with Gasteiger partial charge in [0.15, 0.2) is 0 Å². The number of anilines is 1. The van der Waals surface area contributed by atoms with E-state index >= 15 is 0 Å². The van der Waals surface area contributed by atoms with E-state index in [1.807, 2.05) is 19.9 Å². The molecule has 1 aliphatic heterocycles. The molecule has 1 saturated heterocycles. The van der Waals surface area contributed by atoms with Gasteiger partial charge in [0.1, 0.15) is 11.6 Å². The minimum Gasteiger partial charge on any atom is -0.356 e. The number of aromatic nitrogens is 2. The summed E-state index contributed by atoms with van der Waals surface area (Å²) in [6.07, 6.45) is 1.83. The Bertz CT molecular complexity index is 460. The molecular weight excluding hydrogens is 254 g/mol. The quantitative estimate of drug-likeness (QED) is 0.841. The van der Waals surface area contributed by atoms with Gasteiger partial charge in [0.2, 0.25) is 5.91 Å². The highest BCUT2D eigenvalue weighted by molar-refractivity contribution is 5.81. The van der Waals surface area contributed by atoms with Gasteiger partial charge >= 0.3 is 0 Å². The summed E-state index contributed by atoms with van der Waals surface area (Å²) in [6.45, 7) is 7.37. The number of hydrogen-bond acceptors (Lipinski definition) is 5. The molecule has 2 rings (SSSR count). The van der Waals surface area contributed by atoms with E-state index in [4.69, 9.17) is 5.73 Å². The molecule has 0 saturated carbocycles. The molecular formula is C14H23N5O. The molecule has 3 N–H and O–H groups in total. The highest BCUT2D eigenvalue weighted by Crippen LogP contribution is 2.18. The fraction of sp³-hybridized carbons (Fsp3) is 0.643. The number of nitrogens with two attached hydrogens (primary N) is 1. The van der Waals surface area contributed by atoms with Gasteiger partial charge in [0.05, 0.1) is 6.04 Å². The number of carbonyl (C=O) groups excluding carboxylic acids is 1. The summed E-state index contributed by atoms with van der Waals surface area (Å²) >= 11 is 0. The van der Waals surface area contributed by atoms with Crippen LogP contribution in [-0.4, -0.2) is 41.0 Å². The van der Waals surface area contributed by atoms with E-state index in [0.717, 1.165) is 43.3 Å².